The molecule has 3 aromatic rings. The Morgan fingerprint density at radius 1 is 0.941 bits per heavy atom. The van der Waals surface area contributed by atoms with Crippen molar-refractivity contribution in [1.82, 2.24) is 9.80 Å². The number of fused-ring (bicyclic) bond motifs is 2. The molecule has 1 aromatic heterocycles. The van der Waals surface area contributed by atoms with Crippen molar-refractivity contribution in [2.75, 3.05) is 39.4 Å². The minimum atomic E-state index is -0.536. The van der Waals surface area contributed by atoms with Gasteiger partial charge >= 0.3 is 0 Å². The summed E-state index contributed by atoms with van der Waals surface area (Å²) in [6, 6.07) is 12.2. The van der Waals surface area contributed by atoms with Crippen molar-refractivity contribution in [3.8, 4) is 11.5 Å². The zero-order valence-corrected chi connectivity index (χ0v) is 20.3. The second-order valence-electron chi connectivity index (χ2n) is 8.20. The van der Waals surface area contributed by atoms with Crippen LogP contribution < -0.4 is 14.9 Å². The first-order valence-corrected chi connectivity index (χ1v) is 12.0. The van der Waals surface area contributed by atoms with Gasteiger partial charge in [0.25, 0.3) is 5.91 Å². The first-order valence-electron chi connectivity index (χ1n) is 12.0. The Bertz CT molecular complexity index is 1230. The largest absolute Gasteiger partial charge is 0.494 e. The number of ether oxygens (including phenoxy) is 2. The van der Waals surface area contributed by atoms with E-state index in [9.17, 15) is 9.59 Å². The maximum Gasteiger partial charge on any atom is 0.290 e. The fraction of sp³-hybridized carbons (Fsp3) is 0.407. The van der Waals surface area contributed by atoms with Crippen molar-refractivity contribution in [1.29, 1.82) is 0 Å². The van der Waals surface area contributed by atoms with Crippen LogP contribution in [-0.4, -0.2) is 55.1 Å². The Labute approximate surface area is 199 Å². The van der Waals surface area contributed by atoms with E-state index in [1.165, 1.54) is 0 Å². The predicted octanol–water partition coefficient (Wildman–Crippen LogP) is 4.48. The van der Waals surface area contributed by atoms with Crippen molar-refractivity contribution in [2.24, 2.45) is 0 Å². The monoisotopic (exact) mass is 464 g/mol. The molecule has 4 rings (SSSR count). The molecule has 0 N–H and O–H groups in total. The Kier molecular flexibility index (Phi) is 7.22. The maximum absolute atomic E-state index is 13.7. The number of likely N-dealkylation sites (N-methyl/N-ethyl adjacent to an activating group) is 1. The van der Waals surface area contributed by atoms with Crippen LogP contribution in [0.4, 0.5) is 0 Å². The normalized spacial score (nSPS) is 15.3. The molecular weight excluding hydrogens is 432 g/mol. The quantitative estimate of drug-likeness (QED) is 0.441. The zero-order chi connectivity index (χ0) is 24.2. The molecule has 2 aromatic carbocycles. The summed E-state index contributed by atoms with van der Waals surface area (Å²) in [4.78, 5) is 31.3. The molecule has 180 valence electrons. The Morgan fingerprint density at radius 2 is 1.65 bits per heavy atom. The summed E-state index contributed by atoms with van der Waals surface area (Å²) in [5, 5.41) is 0.437. The molecule has 7 heteroatoms. The van der Waals surface area contributed by atoms with Crippen LogP contribution >= 0.6 is 0 Å². The molecule has 1 aliphatic rings. The lowest BCUT2D eigenvalue weighted by molar-refractivity contribution is 0.0708. The van der Waals surface area contributed by atoms with Gasteiger partial charge in [-0.3, -0.25) is 9.59 Å². The van der Waals surface area contributed by atoms with Crippen molar-refractivity contribution in [3.63, 3.8) is 0 Å². The lowest BCUT2D eigenvalue weighted by Gasteiger charge is -2.28. The maximum atomic E-state index is 13.7. The van der Waals surface area contributed by atoms with Crippen molar-refractivity contribution >= 4 is 16.9 Å². The van der Waals surface area contributed by atoms with Crippen molar-refractivity contribution in [2.45, 2.75) is 33.7 Å². The molecule has 1 atom stereocenters. The van der Waals surface area contributed by atoms with E-state index < -0.39 is 6.04 Å². The van der Waals surface area contributed by atoms with Crippen LogP contribution in [0.15, 0.2) is 51.7 Å². The Balaban J connectivity index is 1.85. The van der Waals surface area contributed by atoms with E-state index in [1.54, 1.807) is 23.1 Å². The molecule has 7 nitrogen and oxygen atoms in total. The van der Waals surface area contributed by atoms with Crippen molar-refractivity contribution < 1.29 is 18.7 Å². The van der Waals surface area contributed by atoms with E-state index in [4.69, 9.17) is 13.9 Å². The smallest absolute Gasteiger partial charge is 0.290 e. The first kappa shape index (κ1) is 23.8. The number of hydrogen-bond acceptors (Lipinski definition) is 6. The summed E-state index contributed by atoms with van der Waals surface area (Å²) >= 11 is 0. The van der Waals surface area contributed by atoms with E-state index in [0.717, 1.165) is 18.7 Å². The second kappa shape index (κ2) is 10.3. The SMILES string of the molecule is CCOc1cccc(C2c3c(oc4cc(OCC)ccc4c3=O)C(=O)N2CCN(CC)CC)c1. The molecule has 0 radical (unpaired) electrons. The number of amides is 1. The molecule has 2 heterocycles. The molecule has 0 saturated heterocycles. The van der Waals surface area contributed by atoms with Gasteiger partial charge in [0.2, 0.25) is 5.76 Å². The van der Waals surface area contributed by atoms with Crippen LogP contribution in [0.3, 0.4) is 0 Å². The fourth-order valence-corrected chi connectivity index (χ4v) is 4.56. The van der Waals surface area contributed by atoms with Gasteiger partial charge < -0.3 is 23.7 Å². The van der Waals surface area contributed by atoms with Crippen LogP contribution in [0.25, 0.3) is 11.0 Å². The summed E-state index contributed by atoms with van der Waals surface area (Å²) in [7, 11) is 0. The molecule has 1 unspecified atom stereocenters. The standard InChI is InChI=1S/C27H32N2O5/c1-5-28(6-2)14-15-29-24(18-10-9-11-19(16-18)32-7-3)23-25(30)21-13-12-20(33-8-4)17-22(21)34-26(23)27(29)31/h9-13,16-17,24H,5-8,14-15H2,1-4H3. The van der Waals surface area contributed by atoms with Crippen LogP contribution in [0, 0.1) is 0 Å². The zero-order valence-electron chi connectivity index (χ0n) is 20.3. The average molecular weight is 465 g/mol. The topological polar surface area (TPSA) is 72.2 Å². The van der Waals surface area contributed by atoms with E-state index in [1.807, 2.05) is 38.1 Å². The number of hydrogen-bond donors (Lipinski definition) is 0. The highest BCUT2D eigenvalue weighted by atomic mass is 16.5. The van der Waals surface area contributed by atoms with Gasteiger partial charge in [-0.1, -0.05) is 26.0 Å². The molecule has 34 heavy (non-hydrogen) atoms. The minimum absolute atomic E-state index is 0.109. The highest BCUT2D eigenvalue weighted by Crippen LogP contribution is 2.39. The minimum Gasteiger partial charge on any atom is -0.494 e. The third-order valence-corrected chi connectivity index (χ3v) is 6.29. The summed E-state index contributed by atoms with van der Waals surface area (Å²) in [5.41, 5.74) is 1.38. The van der Waals surface area contributed by atoms with Gasteiger partial charge in [0.05, 0.1) is 30.2 Å². The average Bonchev–Trinajstić information content (AvgIpc) is 3.12. The number of benzene rings is 2. The summed E-state index contributed by atoms with van der Waals surface area (Å²) in [6.07, 6.45) is 0. The van der Waals surface area contributed by atoms with Gasteiger partial charge in [0.1, 0.15) is 17.1 Å². The van der Waals surface area contributed by atoms with Gasteiger partial charge in [0.15, 0.2) is 5.43 Å². The number of carbonyl (C=O) groups is 1. The summed E-state index contributed by atoms with van der Waals surface area (Å²) in [5.74, 6) is 1.14. The highest BCUT2D eigenvalue weighted by molar-refractivity contribution is 5.99. The number of rotatable bonds is 10. The summed E-state index contributed by atoms with van der Waals surface area (Å²) in [6.45, 7) is 12.0. The lowest BCUT2D eigenvalue weighted by atomic mass is 9.98. The number of nitrogens with zero attached hydrogens (tertiary/aromatic N) is 2. The van der Waals surface area contributed by atoms with Gasteiger partial charge in [-0.15, -0.1) is 0 Å². The van der Waals surface area contributed by atoms with E-state index >= 15 is 0 Å². The van der Waals surface area contributed by atoms with E-state index in [0.29, 0.717) is 54.3 Å². The van der Waals surface area contributed by atoms with Crippen LogP contribution in [0.5, 0.6) is 11.5 Å². The van der Waals surface area contributed by atoms with Gasteiger partial charge in [-0.05, 0) is 56.8 Å². The van der Waals surface area contributed by atoms with Gasteiger partial charge in [0, 0.05) is 19.2 Å². The Morgan fingerprint density at radius 3 is 2.32 bits per heavy atom. The predicted molar refractivity (Wildman–Crippen MR) is 132 cm³/mol. The second-order valence-corrected chi connectivity index (χ2v) is 8.20. The van der Waals surface area contributed by atoms with Gasteiger partial charge in [-0.25, -0.2) is 0 Å². The van der Waals surface area contributed by atoms with Crippen molar-refractivity contribution in [3.05, 3.63) is 69.6 Å². The number of carbonyl (C=O) groups excluding carboxylic acids is 1. The van der Waals surface area contributed by atoms with Crippen LogP contribution in [0.2, 0.25) is 0 Å². The van der Waals surface area contributed by atoms with Crippen LogP contribution in [0.1, 0.15) is 55.4 Å². The third kappa shape index (κ3) is 4.40. The Hall–Kier alpha value is -3.32. The molecule has 0 bridgehead atoms. The van der Waals surface area contributed by atoms with Gasteiger partial charge in [-0.2, -0.15) is 0 Å². The summed E-state index contributed by atoms with van der Waals surface area (Å²) < 4.78 is 17.3. The molecule has 1 aliphatic heterocycles. The van der Waals surface area contributed by atoms with E-state index in [-0.39, 0.29) is 17.1 Å². The third-order valence-electron chi connectivity index (χ3n) is 6.29. The van der Waals surface area contributed by atoms with Crippen LogP contribution in [-0.2, 0) is 0 Å². The van der Waals surface area contributed by atoms with E-state index in [2.05, 4.69) is 18.7 Å². The molecule has 0 fully saturated rings. The molecule has 0 saturated carbocycles. The first-order chi connectivity index (χ1) is 16.5. The molecule has 1 amide bonds. The molecule has 0 aliphatic carbocycles. The lowest BCUT2D eigenvalue weighted by Crippen LogP contribution is -2.37. The molecule has 0 spiro atoms. The molecular formula is C27H32N2O5. The fourth-order valence-electron chi connectivity index (χ4n) is 4.56. The highest BCUT2D eigenvalue weighted by Gasteiger charge is 2.42.